The van der Waals surface area contributed by atoms with Gasteiger partial charge in [-0.2, -0.15) is 0 Å². The van der Waals surface area contributed by atoms with Gasteiger partial charge in [-0.1, -0.05) is 0 Å². The molecule has 0 aliphatic carbocycles. The predicted molar refractivity (Wildman–Crippen MR) is 82.8 cm³/mol. The number of hydrogen-bond acceptors (Lipinski definition) is 8. The van der Waals surface area contributed by atoms with Crippen LogP contribution >= 0.6 is 0 Å². The number of ether oxygens (including phenoxy) is 1. The van der Waals surface area contributed by atoms with Crippen LogP contribution in [0, 0.1) is 0 Å². The zero-order chi connectivity index (χ0) is 17.6. The normalized spacial score (nSPS) is 10.9. The molecule has 3 rings (SSSR count). The van der Waals surface area contributed by atoms with E-state index in [0.29, 0.717) is 0 Å². The number of hydrogen-bond donors (Lipinski definition) is 5. The second-order valence-electron chi connectivity index (χ2n) is 4.99. The molecule has 0 radical (unpaired) electrons. The minimum Gasteiger partial charge on any atom is -0.508 e. The van der Waals surface area contributed by atoms with E-state index in [9.17, 15) is 30.3 Å². The van der Waals surface area contributed by atoms with Crippen LogP contribution in [0.25, 0.3) is 22.3 Å². The SMILES string of the molecule is COc1c(O)cc(-c2oc3cc(O)cc(O)c3c(=O)c2O)cc1O. The van der Waals surface area contributed by atoms with E-state index >= 15 is 0 Å². The van der Waals surface area contributed by atoms with Gasteiger partial charge in [-0.3, -0.25) is 4.79 Å². The summed E-state index contributed by atoms with van der Waals surface area (Å²) in [7, 11) is 1.24. The minimum absolute atomic E-state index is 0.00914. The first-order chi connectivity index (χ1) is 11.3. The van der Waals surface area contributed by atoms with Gasteiger partial charge in [0.05, 0.1) is 7.11 Å². The van der Waals surface area contributed by atoms with Crippen LogP contribution in [0.1, 0.15) is 0 Å². The van der Waals surface area contributed by atoms with Crippen molar-refractivity contribution in [3.8, 4) is 45.8 Å². The van der Waals surface area contributed by atoms with Crippen molar-refractivity contribution >= 4 is 11.0 Å². The molecule has 8 heteroatoms. The fourth-order valence-electron chi connectivity index (χ4n) is 2.41. The molecule has 8 nitrogen and oxygen atoms in total. The lowest BCUT2D eigenvalue weighted by Gasteiger charge is -2.10. The third-order valence-corrected chi connectivity index (χ3v) is 3.45. The highest BCUT2D eigenvalue weighted by molar-refractivity contribution is 5.88. The number of fused-ring (bicyclic) bond motifs is 1. The van der Waals surface area contributed by atoms with Crippen molar-refractivity contribution in [3.05, 3.63) is 34.5 Å². The molecule has 3 aromatic rings. The third-order valence-electron chi connectivity index (χ3n) is 3.45. The predicted octanol–water partition coefficient (Wildman–Crippen LogP) is 2.00. The summed E-state index contributed by atoms with van der Waals surface area (Å²) >= 11 is 0. The van der Waals surface area contributed by atoms with Crippen molar-refractivity contribution in [1.82, 2.24) is 0 Å². The standard InChI is InChI=1S/C16H12O8/c1-23-16-9(19)2-6(3-10(16)20)15-14(22)13(21)12-8(18)4-7(17)5-11(12)24-15/h2-5,17-20,22H,1H3. The van der Waals surface area contributed by atoms with Gasteiger partial charge in [0.1, 0.15) is 22.5 Å². The van der Waals surface area contributed by atoms with Crippen molar-refractivity contribution in [1.29, 1.82) is 0 Å². The van der Waals surface area contributed by atoms with Gasteiger partial charge in [-0.05, 0) is 12.1 Å². The van der Waals surface area contributed by atoms with Crippen molar-refractivity contribution in [2.75, 3.05) is 7.11 Å². The van der Waals surface area contributed by atoms with Crippen LogP contribution < -0.4 is 10.2 Å². The molecule has 0 bridgehead atoms. The highest BCUT2D eigenvalue weighted by Gasteiger charge is 2.21. The van der Waals surface area contributed by atoms with Gasteiger partial charge in [-0.15, -0.1) is 0 Å². The number of methoxy groups -OCH3 is 1. The minimum atomic E-state index is -0.932. The number of benzene rings is 2. The quantitative estimate of drug-likeness (QED) is 0.480. The molecule has 5 N–H and O–H groups in total. The van der Waals surface area contributed by atoms with Gasteiger partial charge in [0.25, 0.3) is 0 Å². The van der Waals surface area contributed by atoms with Crippen LogP contribution in [-0.2, 0) is 0 Å². The Morgan fingerprint density at radius 3 is 2.12 bits per heavy atom. The molecule has 0 unspecified atom stereocenters. The Morgan fingerprint density at radius 1 is 0.917 bits per heavy atom. The molecule has 2 aromatic carbocycles. The highest BCUT2D eigenvalue weighted by atomic mass is 16.5. The topological polar surface area (TPSA) is 141 Å². The molecule has 0 atom stereocenters. The fourth-order valence-corrected chi connectivity index (χ4v) is 2.41. The number of aromatic hydroxyl groups is 5. The first-order valence-electron chi connectivity index (χ1n) is 6.65. The van der Waals surface area contributed by atoms with E-state index in [0.717, 1.165) is 24.3 Å². The summed E-state index contributed by atoms with van der Waals surface area (Å²) in [6.45, 7) is 0. The Kier molecular flexibility index (Phi) is 3.37. The second-order valence-corrected chi connectivity index (χ2v) is 4.99. The molecule has 0 spiro atoms. The van der Waals surface area contributed by atoms with Crippen molar-refractivity contribution in [3.63, 3.8) is 0 Å². The molecular weight excluding hydrogens is 320 g/mol. The average Bonchev–Trinajstić information content (AvgIpc) is 2.49. The molecule has 0 fully saturated rings. The Balaban J connectivity index is 2.36. The lowest BCUT2D eigenvalue weighted by atomic mass is 10.1. The summed E-state index contributed by atoms with van der Waals surface area (Å²) in [6.07, 6.45) is 0. The van der Waals surface area contributed by atoms with Gasteiger partial charge in [-0.25, -0.2) is 0 Å². The maximum Gasteiger partial charge on any atom is 0.238 e. The Hall–Kier alpha value is -3.55. The first kappa shape index (κ1) is 15.3. The third kappa shape index (κ3) is 2.21. The van der Waals surface area contributed by atoms with Gasteiger partial charge in [0.2, 0.25) is 16.9 Å². The van der Waals surface area contributed by atoms with E-state index in [1.165, 1.54) is 7.11 Å². The molecule has 124 valence electrons. The number of phenols is 4. The Labute approximate surface area is 134 Å². The summed E-state index contributed by atoms with van der Waals surface area (Å²) in [5, 5.41) is 48.7. The molecule has 0 aliphatic rings. The highest BCUT2D eigenvalue weighted by Crippen LogP contribution is 2.42. The molecule has 1 heterocycles. The van der Waals surface area contributed by atoms with Crippen molar-refractivity contribution in [2.24, 2.45) is 0 Å². The van der Waals surface area contributed by atoms with E-state index < -0.39 is 28.4 Å². The molecule has 0 saturated carbocycles. The largest absolute Gasteiger partial charge is 0.508 e. The van der Waals surface area contributed by atoms with Crippen LogP contribution in [0.15, 0.2) is 33.5 Å². The smallest absolute Gasteiger partial charge is 0.238 e. The summed E-state index contributed by atoms with van der Waals surface area (Å²) in [5.41, 5.74) is -1.12. The van der Waals surface area contributed by atoms with Crippen molar-refractivity contribution in [2.45, 2.75) is 0 Å². The first-order valence-corrected chi connectivity index (χ1v) is 6.65. The van der Waals surface area contributed by atoms with Crippen LogP contribution in [0.4, 0.5) is 0 Å². The van der Waals surface area contributed by atoms with E-state index in [2.05, 4.69) is 0 Å². The summed E-state index contributed by atoms with van der Waals surface area (Å²) in [5.74, 6) is -3.14. The fraction of sp³-hybridized carbons (Fsp3) is 0.0625. The van der Waals surface area contributed by atoms with Crippen LogP contribution in [0.3, 0.4) is 0 Å². The van der Waals surface area contributed by atoms with Crippen LogP contribution in [-0.4, -0.2) is 32.6 Å². The second kappa shape index (κ2) is 5.27. The molecule has 1 aromatic heterocycles. The summed E-state index contributed by atoms with van der Waals surface area (Å²) < 4.78 is 10.2. The van der Waals surface area contributed by atoms with Gasteiger partial charge in [0.15, 0.2) is 17.3 Å². The van der Waals surface area contributed by atoms with E-state index in [1.54, 1.807) is 0 Å². The van der Waals surface area contributed by atoms with E-state index in [4.69, 9.17) is 9.15 Å². The molecular formula is C16H12O8. The molecule has 0 amide bonds. The maximum absolute atomic E-state index is 12.2. The van der Waals surface area contributed by atoms with Crippen LogP contribution in [0.2, 0.25) is 0 Å². The van der Waals surface area contributed by atoms with Gasteiger partial charge in [0, 0.05) is 17.7 Å². The number of phenolic OH excluding ortho intramolecular Hbond substituents is 4. The lowest BCUT2D eigenvalue weighted by molar-refractivity contribution is 0.344. The van der Waals surface area contributed by atoms with Gasteiger partial charge < -0.3 is 34.7 Å². The Bertz CT molecular complexity index is 996. The van der Waals surface area contributed by atoms with E-state index in [-0.39, 0.29) is 33.8 Å². The monoisotopic (exact) mass is 332 g/mol. The van der Waals surface area contributed by atoms with Crippen molar-refractivity contribution < 1.29 is 34.7 Å². The zero-order valence-electron chi connectivity index (χ0n) is 12.3. The average molecular weight is 332 g/mol. The lowest BCUT2D eigenvalue weighted by Crippen LogP contribution is -2.03. The summed E-state index contributed by atoms with van der Waals surface area (Å²) in [6, 6.07) is 4.25. The molecule has 24 heavy (non-hydrogen) atoms. The molecule has 0 aliphatic heterocycles. The summed E-state index contributed by atoms with van der Waals surface area (Å²) in [4.78, 5) is 12.2. The maximum atomic E-state index is 12.2. The zero-order valence-corrected chi connectivity index (χ0v) is 12.3. The van der Waals surface area contributed by atoms with Crippen LogP contribution in [0.5, 0.6) is 34.5 Å². The van der Waals surface area contributed by atoms with Gasteiger partial charge >= 0.3 is 0 Å². The number of rotatable bonds is 2. The Morgan fingerprint density at radius 2 is 1.54 bits per heavy atom. The molecule has 0 saturated heterocycles. The van der Waals surface area contributed by atoms with E-state index in [1.807, 2.05) is 0 Å².